The monoisotopic (exact) mass is 1150 g/mol. The van der Waals surface area contributed by atoms with Crippen LogP contribution in [0.5, 0.6) is 5.88 Å². The number of rotatable bonds is 25. The Hall–Kier alpha value is -6.69. The van der Waals surface area contributed by atoms with Crippen LogP contribution in [0.25, 0.3) is 0 Å². The maximum absolute atomic E-state index is 15.4. The summed E-state index contributed by atoms with van der Waals surface area (Å²) in [5.41, 5.74) is -13.6. The number of halogens is 20. The van der Waals surface area contributed by atoms with Crippen molar-refractivity contribution in [2.45, 2.75) is 116 Å². The van der Waals surface area contributed by atoms with E-state index in [9.17, 15) is 57.5 Å². The van der Waals surface area contributed by atoms with Crippen molar-refractivity contribution in [3.8, 4) is 5.88 Å². The lowest BCUT2D eigenvalue weighted by molar-refractivity contribution is -0.684. The molecule has 0 atom stereocenters. The number of aromatic nitrogens is 2. The summed E-state index contributed by atoms with van der Waals surface area (Å²) in [7, 11) is 0. The van der Waals surface area contributed by atoms with E-state index in [1.165, 1.54) is 96.3 Å². The molecular formula is C54H47BF20N2O2. The average Bonchev–Trinajstić information content (AvgIpc) is 3.50. The van der Waals surface area contributed by atoms with Crippen LogP contribution in [0.1, 0.15) is 120 Å². The Balaban J connectivity index is 0.000000303. The zero-order valence-corrected chi connectivity index (χ0v) is 41.7. The molecule has 79 heavy (non-hydrogen) atoms. The lowest BCUT2D eigenvalue weighted by Crippen LogP contribution is -2.81. The Labute approximate surface area is 439 Å². The first kappa shape index (κ1) is 63.1. The molecular weight excluding hydrogens is 1100 g/mol. The Bertz CT molecular complexity index is 2730. The number of ether oxygens (including phenoxy) is 1. The molecule has 5 aromatic carbocycles. The highest BCUT2D eigenvalue weighted by molar-refractivity contribution is 7.20. The third kappa shape index (κ3) is 13.7. The summed E-state index contributed by atoms with van der Waals surface area (Å²) in [6.45, 7) is 3.26. The Kier molecular flexibility index (Phi) is 22.7. The molecule has 0 radical (unpaired) electrons. The molecule has 4 nitrogen and oxygen atoms in total. The minimum absolute atomic E-state index is 0.0838. The van der Waals surface area contributed by atoms with Crippen LogP contribution >= 0.6 is 0 Å². The van der Waals surface area contributed by atoms with Gasteiger partial charge in [-0.3, -0.25) is 4.79 Å². The fraction of sp³-hybridized carbons (Fsp3) is 0.352. The van der Waals surface area contributed by atoms with Crippen molar-refractivity contribution >= 4 is 33.8 Å². The highest BCUT2D eigenvalue weighted by atomic mass is 19.2. The van der Waals surface area contributed by atoms with Gasteiger partial charge >= 0.3 is 0 Å². The second-order valence-corrected chi connectivity index (χ2v) is 18.3. The number of nitrogens with zero attached hydrogens (tertiary/aromatic N) is 2. The zero-order valence-electron chi connectivity index (χ0n) is 41.7. The molecule has 428 valence electrons. The largest absolute Gasteiger partial charge is 0.473 e. The maximum atomic E-state index is 15.4. The smallest absolute Gasteiger partial charge is 0.279 e. The van der Waals surface area contributed by atoms with Crippen molar-refractivity contribution in [2.75, 3.05) is 6.61 Å². The van der Waals surface area contributed by atoms with Gasteiger partial charge in [-0.15, -0.1) is 21.9 Å². The van der Waals surface area contributed by atoms with Gasteiger partial charge in [0.2, 0.25) is 18.5 Å². The highest BCUT2D eigenvalue weighted by Crippen LogP contribution is 2.31. The van der Waals surface area contributed by atoms with Gasteiger partial charge in [0.15, 0.2) is 76.0 Å². The van der Waals surface area contributed by atoms with Crippen molar-refractivity contribution in [1.82, 2.24) is 4.98 Å². The molecule has 0 saturated carbocycles. The van der Waals surface area contributed by atoms with Crippen LogP contribution in [-0.2, 0) is 6.54 Å². The van der Waals surface area contributed by atoms with Crippen LogP contribution in [0.3, 0.4) is 0 Å². The topological polar surface area (TPSA) is 43.1 Å². The molecule has 0 saturated heterocycles. The Morgan fingerprint density at radius 3 is 0.987 bits per heavy atom. The summed E-state index contributed by atoms with van der Waals surface area (Å²) < 4.78 is 302. The molecule has 0 bridgehead atoms. The molecule has 0 fully saturated rings. The molecule has 1 aromatic heterocycles. The molecule has 0 amide bonds. The number of unbranched alkanes of at least 4 members (excludes halogenated alkanes) is 15. The summed E-state index contributed by atoms with van der Waals surface area (Å²) in [6, 6.07) is 9.38. The van der Waals surface area contributed by atoms with Gasteiger partial charge in [0.1, 0.15) is 52.7 Å². The first-order valence-corrected chi connectivity index (χ1v) is 24.8. The van der Waals surface area contributed by atoms with Crippen molar-refractivity contribution in [1.29, 1.82) is 0 Å². The normalized spacial score (nSPS) is 11.6. The van der Waals surface area contributed by atoms with E-state index >= 15 is 35.1 Å². The minimum Gasteiger partial charge on any atom is -0.473 e. The fourth-order valence-electron chi connectivity index (χ4n) is 9.17. The number of benzene rings is 5. The van der Waals surface area contributed by atoms with Crippen molar-refractivity contribution in [3.05, 3.63) is 171 Å². The predicted molar refractivity (Wildman–Crippen MR) is 249 cm³/mol. The van der Waals surface area contributed by atoms with Crippen LogP contribution in [0.2, 0.25) is 0 Å². The number of carbonyl (C=O) groups is 1. The summed E-state index contributed by atoms with van der Waals surface area (Å²) in [6.07, 6.45) is 20.0. The first-order valence-electron chi connectivity index (χ1n) is 24.8. The number of hydrogen-bond donors (Lipinski definition) is 0. The molecule has 0 spiro atoms. The van der Waals surface area contributed by atoms with Gasteiger partial charge in [0.05, 0.1) is 12.8 Å². The Morgan fingerprint density at radius 2 is 0.684 bits per heavy atom. The van der Waals surface area contributed by atoms with Crippen molar-refractivity contribution in [2.24, 2.45) is 0 Å². The predicted octanol–water partition coefficient (Wildman–Crippen LogP) is 13.7. The fourth-order valence-corrected chi connectivity index (χ4v) is 9.17. The van der Waals surface area contributed by atoms with E-state index in [-0.39, 0.29) is 5.78 Å². The standard InChI is InChI=1S/C30H47N2O2.C24BF20/c1-2-3-4-5-6-7-8-9-10-11-12-13-14-15-16-20-25-34-30-27-32(24-23-31-30)26-29(33)28-21-18-17-19-22-28;26-5-1(6(27)14(35)21(42)13(5)34)25(2-7(28)15(36)22(43)16(37)8(2)29,3-9(30)17(38)23(44)18(39)10(3)31)4-11(32)19(40)24(45)20(41)12(4)33/h17-19,21-24,27H,2-16,20,25-26H2,1H3;/q+1;-1. The molecule has 25 heteroatoms. The molecule has 0 aliphatic heterocycles. The van der Waals surface area contributed by atoms with E-state index in [0.29, 0.717) is 19.0 Å². The number of Topliss-reactive ketones (excluding diaryl/α,β-unsaturated/α-hetero) is 1. The van der Waals surface area contributed by atoms with Gasteiger partial charge < -0.3 is 4.74 Å². The third-order valence-corrected chi connectivity index (χ3v) is 13.1. The zero-order chi connectivity index (χ0) is 58.5. The quantitative estimate of drug-likeness (QED) is 0.0109. The lowest BCUT2D eigenvalue weighted by Gasteiger charge is -2.44. The van der Waals surface area contributed by atoms with Crippen LogP contribution in [-0.4, -0.2) is 23.5 Å². The van der Waals surface area contributed by atoms with Crippen molar-refractivity contribution in [3.63, 3.8) is 0 Å². The van der Waals surface area contributed by atoms with E-state index in [1.807, 2.05) is 47.3 Å². The van der Waals surface area contributed by atoms with Gasteiger partial charge in [-0.1, -0.05) is 134 Å². The minimum atomic E-state index is -7.22. The molecule has 0 unspecified atom stereocenters. The van der Waals surface area contributed by atoms with E-state index in [2.05, 4.69) is 11.9 Å². The molecule has 0 aliphatic carbocycles. The lowest BCUT2D eigenvalue weighted by atomic mass is 9.12. The van der Waals surface area contributed by atoms with Crippen LogP contribution in [0.15, 0.2) is 48.9 Å². The van der Waals surface area contributed by atoms with Gasteiger partial charge in [-0.25, -0.2) is 92.8 Å². The summed E-state index contributed by atoms with van der Waals surface area (Å²) in [5.74, 6) is -70.7. The van der Waals surface area contributed by atoms with Gasteiger partial charge in [-0.05, 0) is 6.42 Å². The molecule has 6 rings (SSSR count). The maximum Gasteiger partial charge on any atom is 0.279 e. The summed E-state index contributed by atoms with van der Waals surface area (Å²) >= 11 is 0. The second-order valence-electron chi connectivity index (χ2n) is 18.3. The van der Waals surface area contributed by atoms with Gasteiger partial charge in [0.25, 0.3) is 5.88 Å². The van der Waals surface area contributed by atoms with E-state index in [4.69, 9.17) is 4.74 Å². The van der Waals surface area contributed by atoms with E-state index in [1.54, 1.807) is 6.20 Å². The molecule has 6 aromatic rings. The number of carbonyl (C=O) groups excluding carboxylic acids is 1. The van der Waals surface area contributed by atoms with Crippen LogP contribution in [0, 0.1) is 116 Å². The van der Waals surface area contributed by atoms with Crippen molar-refractivity contribution < 1.29 is 102 Å². The van der Waals surface area contributed by atoms with Gasteiger partial charge in [0, 0.05) is 5.56 Å². The second kappa shape index (κ2) is 28.5. The number of hydrogen-bond acceptors (Lipinski definition) is 3. The average molecular weight is 1150 g/mol. The summed E-state index contributed by atoms with van der Waals surface area (Å²) in [5, 5.41) is 0. The molecule has 1 heterocycles. The summed E-state index contributed by atoms with van der Waals surface area (Å²) in [4.78, 5) is 16.6. The Morgan fingerprint density at radius 1 is 0.405 bits per heavy atom. The van der Waals surface area contributed by atoms with Crippen LogP contribution in [0.4, 0.5) is 87.8 Å². The van der Waals surface area contributed by atoms with E-state index in [0.717, 1.165) is 12.0 Å². The van der Waals surface area contributed by atoms with Gasteiger partial charge in [-0.2, -0.15) is 4.57 Å². The highest BCUT2D eigenvalue weighted by Gasteiger charge is 2.52. The first-order chi connectivity index (χ1) is 37.5. The van der Waals surface area contributed by atoms with E-state index < -0.39 is 144 Å². The molecule has 0 aliphatic rings. The SMILES string of the molecule is CCCCCCCCCCCCCCCCCCOc1c[n+](CC(=O)c2ccccc2)ccn1.Fc1c(F)c(F)c([B-](c2c(F)c(F)c(F)c(F)c2F)(c2c(F)c(F)c(F)c(F)c2F)c2c(F)c(F)c(F)c(F)c2F)c(F)c1F. The third-order valence-electron chi connectivity index (χ3n) is 13.1. The van der Waals surface area contributed by atoms with Crippen LogP contribution < -0.4 is 31.2 Å². The molecule has 0 N–H and O–H groups in total. The number of ketones is 1.